The van der Waals surface area contributed by atoms with Gasteiger partial charge in [-0.15, -0.1) is 0 Å². The number of hydrogen-bond donors (Lipinski definition) is 1. The van der Waals surface area contributed by atoms with E-state index < -0.39 is 0 Å². The van der Waals surface area contributed by atoms with E-state index in [0.717, 1.165) is 30.4 Å². The van der Waals surface area contributed by atoms with Crippen LogP contribution in [0.2, 0.25) is 0 Å². The van der Waals surface area contributed by atoms with E-state index in [1.807, 2.05) is 0 Å². The zero-order valence-corrected chi connectivity index (χ0v) is 11.7. The Morgan fingerprint density at radius 1 is 1.53 bits per heavy atom. The highest BCUT2D eigenvalue weighted by Gasteiger charge is 2.22. The fraction of sp³-hybridized carbons (Fsp3) is 0.538. The largest absolute Gasteiger partial charge is 0.380 e. The quantitative estimate of drug-likeness (QED) is 0.926. The second-order valence-corrected chi connectivity index (χ2v) is 5.26. The van der Waals surface area contributed by atoms with Gasteiger partial charge in [-0.25, -0.2) is 0 Å². The standard InChI is InChI=1S/C13H19BrN2O/c1-17-12-5-7-16(9-12)11-3-2-10(4-6-15)13(14)8-11/h2-3,8,12H,4-7,9,15H2,1H3. The van der Waals surface area contributed by atoms with Crippen LogP contribution >= 0.6 is 15.9 Å². The van der Waals surface area contributed by atoms with E-state index in [-0.39, 0.29) is 0 Å². The Kier molecular flexibility index (Phi) is 4.42. The maximum Gasteiger partial charge on any atom is 0.0762 e. The van der Waals surface area contributed by atoms with Gasteiger partial charge in [0.05, 0.1) is 6.10 Å². The predicted molar refractivity (Wildman–Crippen MR) is 74.5 cm³/mol. The molecule has 4 heteroatoms. The van der Waals surface area contributed by atoms with Crippen molar-refractivity contribution in [3.63, 3.8) is 0 Å². The molecule has 1 heterocycles. The second kappa shape index (κ2) is 5.85. The molecule has 1 aliphatic heterocycles. The van der Waals surface area contributed by atoms with Crippen LogP contribution in [0, 0.1) is 0 Å². The molecule has 0 aromatic heterocycles. The molecular formula is C13H19BrN2O. The first-order chi connectivity index (χ1) is 8.24. The molecule has 1 aromatic rings. The van der Waals surface area contributed by atoms with Crippen molar-refractivity contribution < 1.29 is 4.74 Å². The van der Waals surface area contributed by atoms with Gasteiger partial charge in [0.15, 0.2) is 0 Å². The highest BCUT2D eigenvalue weighted by Crippen LogP contribution is 2.27. The lowest BCUT2D eigenvalue weighted by Crippen LogP contribution is -2.22. The van der Waals surface area contributed by atoms with E-state index in [4.69, 9.17) is 10.5 Å². The van der Waals surface area contributed by atoms with Gasteiger partial charge in [-0.3, -0.25) is 0 Å². The minimum absolute atomic E-state index is 0.373. The molecule has 0 amide bonds. The lowest BCUT2D eigenvalue weighted by molar-refractivity contribution is 0.121. The number of rotatable bonds is 4. The Bertz CT molecular complexity index is 384. The summed E-state index contributed by atoms with van der Waals surface area (Å²) in [5.74, 6) is 0. The molecular weight excluding hydrogens is 280 g/mol. The van der Waals surface area contributed by atoms with Crippen molar-refractivity contribution >= 4 is 21.6 Å². The molecule has 0 spiro atoms. The summed E-state index contributed by atoms with van der Waals surface area (Å²) in [6.07, 6.45) is 2.40. The highest BCUT2D eigenvalue weighted by molar-refractivity contribution is 9.10. The van der Waals surface area contributed by atoms with Gasteiger partial charge in [-0.1, -0.05) is 22.0 Å². The summed E-state index contributed by atoms with van der Waals surface area (Å²) < 4.78 is 6.54. The average molecular weight is 299 g/mol. The second-order valence-electron chi connectivity index (χ2n) is 4.41. The molecule has 0 saturated carbocycles. The lowest BCUT2D eigenvalue weighted by atomic mass is 10.1. The number of halogens is 1. The monoisotopic (exact) mass is 298 g/mol. The topological polar surface area (TPSA) is 38.5 Å². The van der Waals surface area contributed by atoms with Crippen LogP contribution in [0.15, 0.2) is 22.7 Å². The number of anilines is 1. The van der Waals surface area contributed by atoms with Crippen molar-refractivity contribution in [2.75, 3.05) is 31.6 Å². The first kappa shape index (κ1) is 12.9. The van der Waals surface area contributed by atoms with Crippen LogP contribution in [-0.2, 0) is 11.2 Å². The Hall–Kier alpha value is -0.580. The first-order valence-electron chi connectivity index (χ1n) is 6.01. The van der Waals surface area contributed by atoms with Crippen LogP contribution in [0.1, 0.15) is 12.0 Å². The molecule has 0 bridgehead atoms. The van der Waals surface area contributed by atoms with Crippen LogP contribution in [0.3, 0.4) is 0 Å². The van der Waals surface area contributed by atoms with E-state index >= 15 is 0 Å². The number of nitrogens with zero attached hydrogens (tertiary/aromatic N) is 1. The van der Waals surface area contributed by atoms with Crippen LogP contribution in [-0.4, -0.2) is 32.8 Å². The van der Waals surface area contributed by atoms with Gasteiger partial charge in [-0.2, -0.15) is 0 Å². The predicted octanol–water partition coefficient (Wildman–Crippen LogP) is 2.18. The molecule has 17 heavy (non-hydrogen) atoms. The summed E-state index contributed by atoms with van der Waals surface area (Å²) in [6, 6.07) is 6.52. The fourth-order valence-corrected chi connectivity index (χ4v) is 2.81. The van der Waals surface area contributed by atoms with Crippen molar-refractivity contribution in [2.24, 2.45) is 5.73 Å². The van der Waals surface area contributed by atoms with Gasteiger partial charge in [0.2, 0.25) is 0 Å². The number of hydrogen-bond acceptors (Lipinski definition) is 3. The Morgan fingerprint density at radius 3 is 2.94 bits per heavy atom. The third kappa shape index (κ3) is 3.00. The zero-order chi connectivity index (χ0) is 12.3. The van der Waals surface area contributed by atoms with Crippen LogP contribution in [0.4, 0.5) is 5.69 Å². The molecule has 1 aromatic carbocycles. The van der Waals surface area contributed by atoms with Gasteiger partial charge in [-0.05, 0) is 37.1 Å². The Morgan fingerprint density at radius 2 is 2.35 bits per heavy atom. The molecule has 1 saturated heterocycles. The summed E-state index contributed by atoms with van der Waals surface area (Å²) in [6.45, 7) is 2.74. The fourth-order valence-electron chi connectivity index (χ4n) is 2.25. The van der Waals surface area contributed by atoms with Crippen molar-refractivity contribution in [3.05, 3.63) is 28.2 Å². The van der Waals surface area contributed by atoms with E-state index in [1.165, 1.54) is 11.3 Å². The lowest BCUT2D eigenvalue weighted by Gasteiger charge is -2.19. The Labute approximate surface area is 111 Å². The molecule has 2 N–H and O–H groups in total. The van der Waals surface area contributed by atoms with Gasteiger partial charge in [0.1, 0.15) is 0 Å². The molecule has 1 aliphatic rings. The highest BCUT2D eigenvalue weighted by atomic mass is 79.9. The van der Waals surface area contributed by atoms with E-state index in [1.54, 1.807) is 7.11 Å². The molecule has 1 fully saturated rings. The molecule has 0 radical (unpaired) electrons. The van der Waals surface area contributed by atoms with Crippen LogP contribution in [0.25, 0.3) is 0 Å². The summed E-state index contributed by atoms with van der Waals surface area (Å²) in [5.41, 5.74) is 8.12. The number of methoxy groups -OCH3 is 1. The Balaban J connectivity index is 2.09. The van der Waals surface area contributed by atoms with E-state index in [0.29, 0.717) is 12.6 Å². The number of ether oxygens (including phenoxy) is 1. The van der Waals surface area contributed by atoms with Gasteiger partial charge >= 0.3 is 0 Å². The first-order valence-corrected chi connectivity index (χ1v) is 6.80. The average Bonchev–Trinajstić information content (AvgIpc) is 2.80. The smallest absolute Gasteiger partial charge is 0.0762 e. The number of nitrogens with two attached hydrogens (primary N) is 1. The molecule has 1 unspecified atom stereocenters. The summed E-state index contributed by atoms with van der Waals surface area (Å²) in [5, 5.41) is 0. The zero-order valence-electron chi connectivity index (χ0n) is 10.2. The summed E-state index contributed by atoms with van der Waals surface area (Å²) >= 11 is 3.61. The SMILES string of the molecule is COC1CCN(c2ccc(CCN)c(Br)c2)C1. The third-order valence-corrected chi connectivity index (χ3v) is 4.03. The molecule has 2 rings (SSSR count). The van der Waals surface area contributed by atoms with Crippen molar-refractivity contribution in [1.29, 1.82) is 0 Å². The minimum Gasteiger partial charge on any atom is -0.380 e. The van der Waals surface area contributed by atoms with Gasteiger partial charge < -0.3 is 15.4 Å². The maximum absolute atomic E-state index is 5.58. The van der Waals surface area contributed by atoms with Crippen molar-refractivity contribution in [1.82, 2.24) is 0 Å². The van der Waals surface area contributed by atoms with E-state index in [2.05, 4.69) is 39.0 Å². The normalized spacial score (nSPS) is 19.9. The van der Waals surface area contributed by atoms with Crippen molar-refractivity contribution in [3.8, 4) is 0 Å². The van der Waals surface area contributed by atoms with Gasteiger partial charge in [0, 0.05) is 30.4 Å². The molecule has 3 nitrogen and oxygen atoms in total. The van der Waals surface area contributed by atoms with E-state index in [9.17, 15) is 0 Å². The molecule has 0 aliphatic carbocycles. The maximum atomic E-state index is 5.58. The van der Waals surface area contributed by atoms with Crippen LogP contribution < -0.4 is 10.6 Å². The van der Waals surface area contributed by atoms with Gasteiger partial charge in [0.25, 0.3) is 0 Å². The molecule has 94 valence electrons. The third-order valence-electron chi connectivity index (χ3n) is 3.29. The summed E-state index contributed by atoms with van der Waals surface area (Å²) in [7, 11) is 1.79. The minimum atomic E-state index is 0.373. The summed E-state index contributed by atoms with van der Waals surface area (Å²) in [4.78, 5) is 2.37. The van der Waals surface area contributed by atoms with Crippen LogP contribution in [0.5, 0.6) is 0 Å². The number of benzene rings is 1. The van der Waals surface area contributed by atoms with Crippen molar-refractivity contribution in [2.45, 2.75) is 18.9 Å². The molecule has 1 atom stereocenters.